The molecule has 0 aromatic rings. The fourth-order valence-corrected chi connectivity index (χ4v) is 4.07. The average Bonchev–Trinajstić information content (AvgIpc) is 3.00. The van der Waals surface area contributed by atoms with Gasteiger partial charge in [-0.2, -0.15) is 8.42 Å². The normalized spacial score (nSPS) is 39.0. The van der Waals surface area contributed by atoms with Gasteiger partial charge in [0.25, 0.3) is 10.1 Å². The Morgan fingerprint density at radius 3 is 2.35 bits per heavy atom. The molecule has 0 amide bonds. The van der Waals surface area contributed by atoms with E-state index in [2.05, 4.69) is 9.47 Å². The zero-order valence-electron chi connectivity index (χ0n) is 10.2. The lowest BCUT2D eigenvalue weighted by Gasteiger charge is -2.20. The van der Waals surface area contributed by atoms with Crippen LogP contribution < -0.4 is 0 Å². The molecule has 0 aliphatic carbocycles. The molecule has 3 fully saturated rings. The molecule has 0 aromatic heterocycles. The summed E-state index contributed by atoms with van der Waals surface area (Å²) in [4.78, 5) is 21.8. The van der Waals surface area contributed by atoms with E-state index >= 15 is 0 Å². The van der Waals surface area contributed by atoms with Gasteiger partial charge >= 0.3 is 12.3 Å². The summed E-state index contributed by atoms with van der Waals surface area (Å²) in [5.41, 5.74) is 0. The lowest BCUT2D eigenvalue weighted by molar-refractivity contribution is 0.0431. The Labute approximate surface area is 114 Å². The molecule has 0 aromatic carbocycles. The van der Waals surface area contributed by atoms with Crippen molar-refractivity contribution in [1.82, 2.24) is 0 Å². The van der Waals surface area contributed by atoms with Gasteiger partial charge in [-0.25, -0.2) is 9.59 Å². The smallest absolute Gasteiger partial charge is 0.430 e. The minimum Gasteiger partial charge on any atom is -0.430 e. The number of carbonyl (C=O) groups excluding carboxylic acids is 2. The van der Waals surface area contributed by atoms with E-state index in [-0.39, 0.29) is 25.4 Å². The van der Waals surface area contributed by atoms with Crippen molar-refractivity contribution in [2.75, 3.05) is 19.0 Å². The highest BCUT2D eigenvalue weighted by Gasteiger charge is 2.48. The minimum absolute atomic E-state index is 0.0141. The second-order valence-electron chi connectivity index (χ2n) is 4.78. The molecule has 0 bridgehead atoms. The molecule has 20 heavy (non-hydrogen) atoms. The summed E-state index contributed by atoms with van der Waals surface area (Å²) in [6, 6.07) is 0. The van der Waals surface area contributed by atoms with E-state index < -0.39 is 46.7 Å². The molecule has 3 rings (SSSR count). The molecule has 0 N–H and O–H groups in total. The third kappa shape index (κ3) is 2.66. The Bertz CT molecular complexity index is 527. The summed E-state index contributed by atoms with van der Waals surface area (Å²) in [7, 11) is -3.68. The lowest BCUT2D eigenvalue weighted by atomic mass is 9.94. The monoisotopic (exact) mass is 308 g/mol. The van der Waals surface area contributed by atoms with Crippen molar-refractivity contribution in [2.45, 2.75) is 24.7 Å². The Morgan fingerprint density at radius 1 is 1.05 bits per heavy atom. The van der Waals surface area contributed by atoms with Crippen LogP contribution in [0.5, 0.6) is 0 Å². The predicted molar refractivity (Wildman–Crippen MR) is 59.2 cm³/mol. The van der Waals surface area contributed by atoms with E-state index in [0.29, 0.717) is 0 Å². The first kappa shape index (κ1) is 13.4. The number of carbonyl (C=O) groups is 2. The number of hydrogen-bond donors (Lipinski definition) is 0. The van der Waals surface area contributed by atoms with Crippen LogP contribution in [0.25, 0.3) is 0 Å². The van der Waals surface area contributed by atoms with Crippen LogP contribution in [0, 0.1) is 5.92 Å². The summed E-state index contributed by atoms with van der Waals surface area (Å²) in [5.74, 6) is -0.814. The molecule has 3 aliphatic rings. The number of cyclic esters (lactones) is 4. The van der Waals surface area contributed by atoms with Crippen LogP contribution in [-0.4, -0.2) is 58.0 Å². The molecular weight excluding hydrogens is 296 g/mol. The van der Waals surface area contributed by atoms with Crippen molar-refractivity contribution >= 4 is 22.4 Å². The Morgan fingerprint density at radius 2 is 1.75 bits per heavy atom. The second-order valence-corrected chi connectivity index (χ2v) is 6.42. The topological polar surface area (TPSA) is 114 Å². The van der Waals surface area contributed by atoms with E-state index in [1.807, 2.05) is 0 Å². The first-order valence-corrected chi connectivity index (χ1v) is 7.58. The highest BCUT2D eigenvalue weighted by molar-refractivity contribution is 7.86. The van der Waals surface area contributed by atoms with Crippen molar-refractivity contribution in [3.63, 3.8) is 0 Å². The van der Waals surface area contributed by atoms with Gasteiger partial charge in [0.2, 0.25) is 0 Å². The van der Waals surface area contributed by atoms with Crippen molar-refractivity contribution in [2.24, 2.45) is 5.92 Å². The minimum atomic E-state index is -3.68. The van der Waals surface area contributed by atoms with Crippen LogP contribution in [-0.2, 0) is 33.2 Å². The first-order chi connectivity index (χ1) is 9.43. The fourth-order valence-electron chi connectivity index (χ4n) is 2.50. The van der Waals surface area contributed by atoms with Gasteiger partial charge < -0.3 is 18.9 Å². The van der Waals surface area contributed by atoms with E-state index in [1.54, 1.807) is 0 Å². The summed E-state index contributed by atoms with van der Waals surface area (Å²) in [5, 5.41) is 0. The number of hydrogen-bond acceptors (Lipinski definition) is 9. The largest absolute Gasteiger partial charge is 0.508 e. The van der Waals surface area contributed by atoms with Gasteiger partial charge in [-0.15, -0.1) is 0 Å². The van der Waals surface area contributed by atoms with Gasteiger partial charge in [0, 0.05) is 12.3 Å². The maximum absolute atomic E-state index is 11.6. The van der Waals surface area contributed by atoms with Gasteiger partial charge in [-0.1, -0.05) is 0 Å². The van der Waals surface area contributed by atoms with Gasteiger partial charge in [-0.3, -0.25) is 4.18 Å². The van der Waals surface area contributed by atoms with Gasteiger partial charge in [0.15, 0.2) is 0 Å². The Hall–Kier alpha value is -1.55. The molecule has 3 saturated heterocycles. The van der Waals surface area contributed by atoms with E-state index in [0.717, 1.165) is 0 Å². The Kier molecular flexibility index (Phi) is 3.21. The molecule has 9 nitrogen and oxygen atoms in total. The molecule has 3 aliphatic heterocycles. The molecule has 4 atom stereocenters. The van der Waals surface area contributed by atoms with Crippen LogP contribution in [0.3, 0.4) is 0 Å². The quantitative estimate of drug-likeness (QED) is 0.516. The first-order valence-electron chi connectivity index (χ1n) is 6.01. The Balaban J connectivity index is 1.69. The van der Waals surface area contributed by atoms with Crippen molar-refractivity contribution in [1.29, 1.82) is 0 Å². The van der Waals surface area contributed by atoms with Gasteiger partial charge in [-0.05, 0) is 0 Å². The molecular formula is C10H12O9S. The van der Waals surface area contributed by atoms with Gasteiger partial charge in [0.1, 0.15) is 25.4 Å². The zero-order chi connectivity index (χ0) is 14.3. The zero-order valence-corrected chi connectivity index (χ0v) is 11.0. The molecule has 3 heterocycles. The molecule has 0 spiro atoms. The highest BCUT2D eigenvalue weighted by atomic mass is 32.2. The predicted octanol–water partition coefficient (Wildman–Crippen LogP) is -0.208. The number of ether oxygens (including phenoxy) is 4. The maximum Gasteiger partial charge on any atom is 0.508 e. The van der Waals surface area contributed by atoms with Crippen LogP contribution in [0.1, 0.15) is 6.42 Å². The van der Waals surface area contributed by atoms with Crippen LogP contribution in [0.15, 0.2) is 0 Å². The summed E-state index contributed by atoms with van der Waals surface area (Å²) < 4.78 is 47.2. The van der Waals surface area contributed by atoms with Crippen molar-refractivity contribution < 1.29 is 41.1 Å². The summed E-state index contributed by atoms with van der Waals surface area (Å²) in [6.45, 7) is 0.0340. The molecule has 0 radical (unpaired) electrons. The number of rotatable bonds is 3. The summed E-state index contributed by atoms with van der Waals surface area (Å²) in [6.07, 6.45) is -3.44. The molecule has 10 heteroatoms. The average molecular weight is 308 g/mol. The molecule has 0 saturated carbocycles. The van der Waals surface area contributed by atoms with Gasteiger partial charge in [0.05, 0.1) is 11.9 Å². The van der Waals surface area contributed by atoms with Crippen LogP contribution in [0.2, 0.25) is 0 Å². The second kappa shape index (κ2) is 4.77. The van der Waals surface area contributed by atoms with Crippen LogP contribution in [0.4, 0.5) is 9.59 Å². The third-order valence-corrected chi connectivity index (χ3v) is 4.71. The lowest BCUT2D eigenvalue weighted by Crippen LogP contribution is -2.34. The maximum atomic E-state index is 11.6. The molecule has 112 valence electrons. The molecule has 4 unspecified atom stereocenters. The fraction of sp³-hybridized carbons (Fsp3) is 0.800. The highest BCUT2D eigenvalue weighted by Crippen LogP contribution is 2.33. The van der Waals surface area contributed by atoms with E-state index in [4.69, 9.17) is 13.7 Å². The SMILES string of the molecule is O=C1OCC(CC2OS(=O)(=O)CC2C2COC(=O)O2)O1. The van der Waals surface area contributed by atoms with Crippen molar-refractivity contribution in [3.8, 4) is 0 Å². The van der Waals surface area contributed by atoms with E-state index in [1.165, 1.54) is 0 Å². The van der Waals surface area contributed by atoms with Crippen LogP contribution >= 0.6 is 0 Å². The van der Waals surface area contributed by atoms with E-state index in [9.17, 15) is 18.0 Å². The third-order valence-electron chi connectivity index (χ3n) is 3.38. The van der Waals surface area contributed by atoms with Crippen molar-refractivity contribution in [3.05, 3.63) is 0 Å². The summed E-state index contributed by atoms with van der Waals surface area (Å²) >= 11 is 0. The standard InChI is InChI=1S/C10H12O9S/c11-9-15-2-5(17-9)1-7-6(4-20(13,14)19-7)8-3-16-10(12)18-8/h5-8H,1-4H2.